The van der Waals surface area contributed by atoms with Gasteiger partial charge in [-0.25, -0.2) is 0 Å². The van der Waals surface area contributed by atoms with E-state index in [0.29, 0.717) is 11.8 Å². The maximum atomic E-state index is 7.42. The summed E-state index contributed by atoms with van der Waals surface area (Å²) in [6.45, 7) is 11.6. The molecule has 2 saturated carbocycles. The monoisotopic (exact) mass is 851 g/mol. The highest BCUT2D eigenvalue weighted by Gasteiger charge is 2.54. The Morgan fingerprint density at radius 2 is 1.24 bits per heavy atom. The number of aryl methyl sites for hydroxylation is 2. The van der Waals surface area contributed by atoms with E-state index in [1.165, 1.54) is 148 Å². The fraction of sp³-hybridized carbons (Fsp3) is 0.258. The van der Waals surface area contributed by atoms with Crippen LogP contribution < -0.4 is 0 Å². The largest absolute Gasteiger partial charge is 0.455 e. The van der Waals surface area contributed by atoms with E-state index in [1.807, 2.05) is 0 Å². The normalized spacial score (nSPS) is 20.9. The average molecular weight is 852 g/mol. The molecule has 1 spiro atoms. The van der Waals surface area contributed by atoms with E-state index in [9.17, 15) is 0 Å². The van der Waals surface area contributed by atoms with Crippen molar-refractivity contribution < 1.29 is 4.42 Å². The van der Waals surface area contributed by atoms with E-state index in [-0.39, 0.29) is 5.41 Å². The van der Waals surface area contributed by atoms with Gasteiger partial charge in [-0.3, -0.25) is 9.97 Å². The first-order valence-electron chi connectivity index (χ1n) is 24.5. The molecule has 0 saturated heterocycles. The Bertz CT molecular complexity index is 3940. The zero-order valence-corrected chi connectivity index (χ0v) is 38.1. The molecule has 6 aromatic carbocycles. The Kier molecular flexibility index (Phi) is 6.61. The fourth-order valence-corrected chi connectivity index (χ4v) is 15.4. The molecule has 4 nitrogen and oxygen atoms in total. The molecule has 5 heterocycles. The van der Waals surface area contributed by atoms with Crippen LogP contribution in [-0.4, -0.2) is 14.4 Å². The Hall–Kier alpha value is -6.78. The van der Waals surface area contributed by atoms with Crippen molar-refractivity contribution in [2.75, 3.05) is 0 Å². The highest BCUT2D eigenvalue weighted by molar-refractivity contribution is 6.41. The number of nitrogens with zero attached hydrogens (tertiary/aromatic N) is 3. The molecule has 2 atom stereocenters. The van der Waals surface area contributed by atoms with Gasteiger partial charge in [0.15, 0.2) is 0 Å². The van der Waals surface area contributed by atoms with Crippen LogP contribution in [0.15, 0.2) is 126 Å². The minimum absolute atomic E-state index is 0.0450. The van der Waals surface area contributed by atoms with E-state index in [1.54, 1.807) is 0 Å². The average Bonchev–Trinajstić information content (AvgIpc) is 4.08. The first-order valence-corrected chi connectivity index (χ1v) is 24.5. The topological polar surface area (TPSA) is 43.3 Å². The molecule has 11 aromatic rings. The number of hydrogen-bond donors (Lipinski definition) is 0. The summed E-state index contributed by atoms with van der Waals surface area (Å²) in [7, 11) is 0. The van der Waals surface area contributed by atoms with Gasteiger partial charge >= 0.3 is 0 Å². The maximum Gasteiger partial charge on any atom is 0.144 e. The van der Waals surface area contributed by atoms with Crippen molar-refractivity contribution in [2.24, 2.45) is 11.8 Å². The predicted octanol–water partition coefficient (Wildman–Crippen LogP) is 15.8. The molecule has 2 fully saturated rings. The molecule has 2 unspecified atom stereocenters. The molecule has 0 aliphatic heterocycles. The summed E-state index contributed by atoms with van der Waals surface area (Å²) >= 11 is 0. The van der Waals surface area contributed by atoms with Gasteiger partial charge in [0.05, 0.1) is 40.1 Å². The third kappa shape index (κ3) is 4.13. The van der Waals surface area contributed by atoms with Crippen molar-refractivity contribution in [3.05, 3.63) is 172 Å². The summed E-state index contributed by atoms with van der Waals surface area (Å²) in [5, 5.41) is 7.65. The van der Waals surface area contributed by atoms with Crippen molar-refractivity contribution in [1.82, 2.24) is 14.4 Å². The molecule has 4 bridgehead atoms. The first-order chi connectivity index (χ1) is 32.2. The van der Waals surface area contributed by atoms with Crippen LogP contribution in [0.1, 0.15) is 115 Å². The summed E-state index contributed by atoms with van der Waals surface area (Å²) in [6, 6.07) is 41.2. The fourth-order valence-electron chi connectivity index (χ4n) is 15.4. The van der Waals surface area contributed by atoms with Gasteiger partial charge in [-0.1, -0.05) is 124 Å². The number of rotatable bonds is 1. The van der Waals surface area contributed by atoms with Gasteiger partial charge in [-0.2, -0.15) is 0 Å². The second-order valence-corrected chi connectivity index (χ2v) is 22.1. The lowest BCUT2D eigenvalue weighted by molar-refractivity contribution is 0.165. The van der Waals surface area contributed by atoms with Gasteiger partial charge in [0.25, 0.3) is 0 Å². The molecule has 17 rings (SSSR count). The summed E-state index contributed by atoms with van der Waals surface area (Å²) < 4.78 is 10.0. The van der Waals surface area contributed by atoms with Gasteiger partial charge in [-0.05, 0) is 136 Å². The highest BCUT2D eigenvalue weighted by atomic mass is 16.3. The number of pyridine rings is 2. The van der Waals surface area contributed by atoms with Crippen LogP contribution in [0.4, 0.5) is 0 Å². The summed E-state index contributed by atoms with van der Waals surface area (Å²) in [5.41, 5.74) is 24.5. The van der Waals surface area contributed by atoms with Crippen LogP contribution in [-0.2, 0) is 10.8 Å². The van der Waals surface area contributed by atoms with Crippen molar-refractivity contribution in [3.8, 4) is 33.4 Å². The molecule has 4 heteroatoms. The predicted molar refractivity (Wildman–Crippen MR) is 269 cm³/mol. The number of para-hydroxylation sites is 1. The van der Waals surface area contributed by atoms with Crippen molar-refractivity contribution in [2.45, 2.75) is 89.4 Å². The Labute approximate surface area is 383 Å². The Morgan fingerprint density at radius 3 is 1.98 bits per heavy atom. The van der Waals surface area contributed by atoms with Crippen molar-refractivity contribution in [3.63, 3.8) is 0 Å². The summed E-state index contributed by atoms with van der Waals surface area (Å²) in [4.78, 5) is 11.5. The zero-order valence-electron chi connectivity index (χ0n) is 38.1. The van der Waals surface area contributed by atoms with E-state index >= 15 is 0 Å². The number of benzene rings is 6. The summed E-state index contributed by atoms with van der Waals surface area (Å²) in [6.07, 6.45) is 11.0. The van der Waals surface area contributed by atoms with E-state index < -0.39 is 5.41 Å². The van der Waals surface area contributed by atoms with Gasteiger partial charge in [-0.15, -0.1) is 0 Å². The highest BCUT2D eigenvalue weighted by Crippen LogP contribution is 2.66. The molecular weight excluding hydrogens is 803 g/mol. The molecule has 0 N–H and O–H groups in total. The second kappa shape index (κ2) is 12.0. The first kappa shape index (κ1) is 36.4. The minimum Gasteiger partial charge on any atom is -0.455 e. The smallest absolute Gasteiger partial charge is 0.144 e. The maximum absolute atomic E-state index is 7.42. The number of aromatic nitrogens is 3. The van der Waals surface area contributed by atoms with Crippen molar-refractivity contribution >= 4 is 60.0 Å². The van der Waals surface area contributed by atoms with Crippen LogP contribution in [0.5, 0.6) is 0 Å². The molecule has 5 aromatic heterocycles. The van der Waals surface area contributed by atoms with Crippen LogP contribution in [0.3, 0.4) is 0 Å². The molecule has 0 radical (unpaired) electrons. The molecule has 6 aliphatic carbocycles. The van der Waals surface area contributed by atoms with Gasteiger partial charge in [0.2, 0.25) is 0 Å². The lowest BCUT2D eigenvalue weighted by Crippen LogP contribution is -2.27. The van der Waals surface area contributed by atoms with Crippen LogP contribution in [0.2, 0.25) is 0 Å². The van der Waals surface area contributed by atoms with E-state index in [4.69, 9.17) is 14.4 Å². The van der Waals surface area contributed by atoms with Gasteiger partial charge in [0.1, 0.15) is 11.2 Å². The zero-order chi connectivity index (χ0) is 43.7. The van der Waals surface area contributed by atoms with Crippen LogP contribution in [0.25, 0.3) is 93.4 Å². The lowest BCUT2D eigenvalue weighted by Gasteiger charge is -2.38. The van der Waals surface area contributed by atoms with E-state index in [0.717, 1.165) is 39.6 Å². The molecule has 318 valence electrons. The Balaban J connectivity index is 1.17. The standard InChI is InChI=1S/C62H49N3O/c1-31-13-12-14-32(2)48(31)56-55-52-45(29-63-57-36-26-33-23-34(27-36)25-35(24-33)49(52)57)65-46-30-64-60-51(53(46)54(58(55)65)50-41-17-8-11-20-47(41)66-59(50)56)40-22-21-37(61(3,4)5)28-44(40)62(60)42-18-9-6-15-38(42)39-16-7-10-19-43(39)62/h6-22,28-30,33-36H,23-27H2,1-5H3. The van der Waals surface area contributed by atoms with Crippen molar-refractivity contribution in [1.29, 1.82) is 0 Å². The van der Waals surface area contributed by atoms with Crippen LogP contribution >= 0.6 is 0 Å². The third-order valence-electron chi connectivity index (χ3n) is 17.7. The van der Waals surface area contributed by atoms with Gasteiger partial charge < -0.3 is 8.82 Å². The minimum atomic E-state index is -0.584. The third-order valence-corrected chi connectivity index (χ3v) is 17.7. The molecule has 66 heavy (non-hydrogen) atoms. The molecule has 6 aliphatic rings. The lowest BCUT2D eigenvalue weighted by atomic mass is 9.67. The van der Waals surface area contributed by atoms with Crippen LogP contribution in [0, 0.1) is 25.7 Å². The number of fused-ring (bicyclic) bond motifs is 21. The number of hydrogen-bond acceptors (Lipinski definition) is 3. The second-order valence-electron chi connectivity index (χ2n) is 22.1. The van der Waals surface area contributed by atoms with E-state index in [2.05, 4.69) is 161 Å². The summed E-state index contributed by atoms with van der Waals surface area (Å²) in [5.74, 6) is 2.62. The quantitative estimate of drug-likeness (QED) is 0.165. The SMILES string of the molecule is Cc1cccc(C)c1-c1c2oc3ccccc3c2c2c3c4c(ncc3n3c5cnc6c(c5c1c23)C1CC2CC(CC6C2)C1)C1(c2ccccc2-c2ccccc21)c1cc(C(C)(C)C)ccc1-4. The molecule has 0 amide bonds. The van der Waals surface area contributed by atoms with Gasteiger partial charge in [0, 0.05) is 55.1 Å². The Morgan fingerprint density at radius 1 is 0.576 bits per heavy atom. The molecular formula is C62H49N3O. The number of furan rings is 1.